The van der Waals surface area contributed by atoms with Crippen LogP contribution in [0.15, 0.2) is 36.9 Å². The number of nitrogens with zero attached hydrogens (tertiary/aromatic N) is 7. The standard InChI is InChI=1S/C24H29N7O2/c1-15(2)31-23(25-14-26-31)19-13-30-8-9-33-20-10-16(6-7-17(20)22(30)28-19)18-12-29(5)21(27-18)11-24(3,4)32/h6-7,10,12-15,32H,8-9,11H2,1-5H3. The Kier molecular flexibility index (Phi) is 5.08. The fourth-order valence-corrected chi connectivity index (χ4v) is 4.16. The summed E-state index contributed by atoms with van der Waals surface area (Å²) in [5.41, 5.74) is 2.73. The van der Waals surface area contributed by atoms with E-state index in [-0.39, 0.29) is 6.04 Å². The number of hydrogen-bond acceptors (Lipinski definition) is 6. The number of ether oxygens (including phenoxy) is 1. The lowest BCUT2D eigenvalue weighted by atomic mass is 10.1. The summed E-state index contributed by atoms with van der Waals surface area (Å²) in [6.07, 6.45) is 6.05. The molecule has 0 saturated heterocycles. The van der Waals surface area contributed by atoms with Crippen molar-refractivity contribution in [1.29, 1.82) is 0 Å². The highest BCUT2D eigenvalue weighted by atomic mass is 16.5. The number of aryl methyl sites for hydroxylation is 1. The Hall–Kier alpha value is -3.46. The normalized spacial score (nSPS) is 13.5. The molecule has 5 rings (SSSR count). The van der Waals surface area contributed by atoms with Crippen LogP contribution < -0.4 is 4.74 Å². The monoisotopic (exact) mass is 447 g/mol. The second kappa shape index (κ2) is 7.84. The highest BCUT2D eigenvalue weighted by molar-refractivity contribution is 5.73. The number of hydrogen-bond donors (Lipinski definition) is 1. The van der Waals surface area contributed by atoms with Crippen LogP contribution >= 0.6 is 0 Å². The van der Waals surface area contributed by atoms with Crippen LogP contribution in [0.2, 0.25) is 0 Å². The number of fused-ring (bicyclic) bond motifs is 3. The molecule has 0 unspecified atom stereocenters. The van der Waals surface area contributed by atoms with Crippen molar-refractivity contribution < 1.29 is 9.84 Å². The molecule has 1 aliphatic rings. The van der Waals surface area contributed by atoms with Crippen molar-refractivity contribution in [2.75, 3.05) is 6.61 Å². The first kappa shape index (κ1) is 21.4. The highest BCUT2D eigenvalue weighted by Crippen LogP contribution is 2.36. The topological polar surface area (TPSA) is 95.8 Å². The van der Waals surface area contributed by atoms with Gasteiger partial charge in [-0.15, -0.1) is 0 Å². The Balaban J connectivity index is 1.52. The molecular formula is C24H29N7O2. The molecule has 172 valence electrons. The van der Waals surface area contributed by atoms with E-state index in [2.05, 4.69) is 28.5 Å². The summed E-state index contributed by atoms with van der Waals surface area (Å²) in [5, 5.41) is 14.5. The van der Waals surface area contributed by atoms with E-state index in [1.807, 2.05) is 46.9 Å². The molecule has 1 N–H and O–H groups in total. The van der Waals surface area contributed by atoms with Gasteiger partial charge in [-0.05, 0) is 39.8 Å². The quantitative estimate of drug-likeness (QED) is 0.503. The molecule has 9 heteroatoms. The van der Waals surface area contributed by atoms with Gasteiger partial charge in [-0.1, -0.05) is 6.07 Å². The Morgan fingerprint density at radius 3 is 2.70 bits per heavy atom. The molecule has 0 saturated carbocycles. The van der Waals surface area contributed by atoms with Crippen LogP contribution in [0.5, 0.6) is 5.75 Å². The van der Waals surface area contributed by atoms with E-state index in [1.165, 1.54) is 0 Å². The second-order valence-electron chi connectivity index (χ2n) is 9.47. The van der Waals surface area contributed by atoms with Crippen molar-refractivity contribution in [2.24, 2.45) is 7.05 Å². The van der Waals surface area contributed by atoms with Crippen LogP contribution in [-0.2, 0) is 20.0 Å². The average Bonchev–Trinajstić information content (AvgIpc) is 3.44. The molecule has 3 aromatic heterocycles. The molecule has 0 fully saturated rings. The van der Waals surface area contributed by atoms with Gasteiger partial charge >= 0.3 is 0 Å². The molecule has 0 atom stereocenters. The number of rotatable bonds is 5. The van der Waals surface area contributed by atoms with Crippen molar-refractivity contribution in [3.05, 3.63) is 42.7 Å². The zero-order valence-corrected chi connectivity index (χ0v) is 19.6. The van der Waals surface area contributed by atoms with Crippen molar-refractivity contribution in [1.82, 2.24) is 33.9 Å². The van der Waals surface area contributed by atoms with Crippen LogP contribution in [-0.4, -0.2) is 51.2 Å². The summed E-state index contributed by atoms with van der Waals surface area (Å²) in [7, 11) is 1.95. The second-order valence-corrected chi connectivity index (χ2v) is 9.47. The number of imidazole rings is 2. The predicted molar refractivity (Wildman–Crippen MR) is 125 cm³/mol. The van der Waals surface area contributed by atoms with Gasteiger partial charge in [0.05, 0.1) is 23.4 Å². The molecule has 0 radical (unpaired) electrons. The molecule has 0 bridgehead atoms. The fraction of sp³-hybridized carbons (Fsp3) is 0.417. The van der Waals surface area contributed by atoms with Gasteiger partial charge in [0.15, 0.2) is 5.82 Å². The minimum atomic E-state index is -0.818. The molecular weight excluding hydrogens is 418 g/mol. The van der Waals surface area contributed by atoms with Crippen molar-refractivity contribution >= 4 is 0 Å². The lowest BCUT2D eigenvalue weighted by Gasteiger charge is -2.15. The van der Waals surface area contributed by atoms with E-state index >= 15 is 0 Å². The molecule has 0 spiro atoms. The Labute approximate surface area is 192 Å². The Morgan fingerprint density at radius 1 is 1.12 bits per heavy atom. The maximum absolute atomic E-state index is 10.2. The van der Waals surface area contributed by atoms with Gasteiger partial charge in [0.25, 0.3) is 0 Å². The fourth-order valence-electron chi connectivity index (χ4n) is 4.16. The van der Waals surface area contributed by atoms with E-state index in [0.29, 0.717) is 19.6 Å². The molecule has 1 aliphatic heterocycles. The van der Waals surface area contributed by atoms with Gasteiger partial charge in [-0.25, -0.2) is 19.6 Å². The third-order valence-electron chi connectivity index (χ3n) is 5.74. The van der Waals surface area contributed by atoms with Gasteiger partial charge < -0.3 is 19.0 Å². The van der Waals surface area contributed by atoms with E-state index in [4.69, 9.17) is 14.7 Å². The van der Waals surface area contributed by atoms with Crippen LogP contribution in [0.4, 0.5) is 0 Å². The lowest BCUT2D eigenvalue weighted by Crippen LogP contribution is -2.23. The third-order valence-corrected chi connectivity index (χ3v) is 5.74. The lowest BCUT2D eigenvalue weighted by molar-refractivity contribution is 0.0781. The van der Waals surface area contributed by atoms with E-state index in [0.717, 1.165) is 45.7 Å². The highest BCUT2D eigenvalue weighted by Gasteiger charge is 2.23. The maximum atomic E-state index is 10.2. The van der Waals surface area contributed by atoms with Gasteiger partial charge in [0.1, 0.15) is 36.0 Å². The molecule has 33 heavy (non-hydrogen) atoms. The summed E-state index contributed by atoms with van der Waals surface area (Å²) in [6.45, 7) is 8.97. The van der Waals surface area contributed by atoms with Gasteiger partial charge in [0, 0.05) is 37.5 Å². The molecule has 0 amide bonds. The number of benzene rings is 1. The summed E-state index contributed by atoms with van der Waals surface area (Å²) >= 11 is 0. The SMILES string of the molecule is CC(C)n1ncnc1-c1cn2c(n1)-c1ccc(-c3cn(C)c(CC(C)(C)O)n3)cc1OCC2. The maximum Gasteiger partial charge on any atom is 0.178 e. The van der Waals surface area contributed by atoms with Gasteiger partial charge in [-0.2, -0.15) is 5.10 Å². The molecule has 4 aromatic rings. The summed E-state index contributed by atoms with van der Waals surface area (Å²) in [6, 6.07) is 6.29. The van der Waals surface area contributed by atoms with E-state index < -0.39 is 5.60 Å². The molecule has 4 heterocycles. The summed E-state index contributed by atoms with van der Waals surface area (Å²) in [4.78, 5) is 14.1. The van der Waals surface area contributed by atoms with Crippen LogP contribution in [0.1, 0.15) is 39.6 Å². The molecule has 1 aromatic carbocycles. The van der Waals surface area contributed by atoms with Gasteiger partial charge in [-0.3, -0.25) is 0 Å². The zero-order valence-electron chi connectivity index (χ0n) is 19.6. The minimum absolute atomic E-state index is 0.196. The van der Waals surface area contributed by atoms with Crippen molar-refractivity contribution in [3.63, 3.8) is 0 Å². The largest absolute Gasteiger partial charge is 0.491 e. The van der Waals surface area contributed by atoms with Crippen molar-refractivity contribution in [3.8, 4) is 39.9 Å². The third kappa shape index (κ3) is 4.04. The summed E-state index contributed by atoms with van der Waals surface area (Å²) < 4.78 is 12.1. The van der Waals surface area contributed by atoms with E-state index in [9.17, 15) is 5.11 Å². The van der Waals surface area contributed by atoms with Crippen LogP contribution in [0.25, 0.3) is 34.2 Å². The van der Waals surface area contributed by atoms with E-state index in [1.54, 1.807) is 20.2 Å². The summed E-state index contributed by atoms with van der Waals surface area (Å²) in [5.74, 6) is 3.23. The Morgan fingerprint density at radius 2 is 1.94 bits per heavy atom. The zero-order chi connectivity index (χ0) is 23.3. The minimum Gasteiger partial charge on any atom is -0.491 e. The number of aromatic nitrogens is 7. The first-order valence-electron chi connectivity index (χ1n) is 11.2. The van der Waals surface area contributed by atoms with Gasteiger partial charge in [0.2, 0.25) is 0 Å². The first-order chi connectivity index (χ1) is 15.7. The molecule has 0 aliphatic carbocycles. The smallest absolute Gasteiger partial charge is 0.178 e. The predicted octanol–water partition coefficient (Wildman–Crippen LogP) is 3.50. The van der Waals surface area contributed by atoms with Crippen LogP contribution in [0, 0.1) is 0 Å². The van der Waals surface area contributed by atoms with Crippen LogP contribution in [0.3, 0.4) is 0 Å². The molecule has 9 nitrogen and oxygen atoms in total. The Bertz CT molecular complexity index is 1310. The number of aliphatic hydroxyl groups is 1. The first-order valence-corrected chi connectivity index (χ1v) is 11.2. The van der Waals surface area contributed by atoms with Crippen molar-refractivity contribution in [2.45, 2.75) is 52.3 Å². The average molecular weight is 448 g/mol.